The van der Waals surface area contributed by atoms with Crippen LogP contribution in [0.2, 0.25) is 0 Å². The summed E-state index contributed by atoms with van der Waals surface area (Å²) in [5, 5.41) is 2.57. The number of ether oxygens (including phenoxy) is 4. The Labute approximate surface area is 175 Å². The second-order valence-corrected chi connectivity index (χ2v) is 6.41. The van der Waals surface area contributed by atoms with Crippen LogP contribution in [0, 0.1) is 0 Å². The van der Waals surface area contributed by atoms with Crippen LogP contribution in [0.15, 0.2) is 48.5 Å². The minimum absolute atomic E-state index is 0.219. The van der Waals surface area contributed by atoms with Gasteiger partial charge in [-0.2, -0.15) is 0 Å². The van der Waals surface area contributed by atoms with Crippen molar-refractivity contribution in [3.05, 3.63) is 54.1 Å². The van der Waals surface area contributed by atoms with Crippen LogP contribution in [0.5, 0.6) is 11.5 Å². The van der Waals surface area contributed by atoms with Crippen molar-refractivity contribution in [3.8, 4) is 11.5 Å². The van der Waals surface area contributed by atoms with Gasteiger partial charge >= 0.3 is 11.9 Å². The highest BCUT2D eigenvalue weighted by atomic mass is 16.6. The lowest BCUT2D eigenvalue weighted by Crippen LogP contribution is -2.23. The van der Waals surface area contributed by atoms with Gasteiger partial charge in [-0.05, 0) is 57.2 Å². The average Bonchev–Trinajstić information content (AvgIpc) is 2.72. The van der Waals surface area contributed by atoms with Crippen LogP contribution in [0.3, 0.4) is 0 Å². The van der Waals surface area contributed by atoms with Gasteiger partial charge in [0.1, 0.15) is 0 Å². The third kappa shape index (κ3) is 7.46. The van der Waals surface area contributed by atoms with E-state index in [0.717, 1.165) is 0 Å². The fraction of sp³-hybridized carbons (Fsp3) is 0.318. The van der Waals surface area contributed by atoms with E-state index in [1.807, 2.05) is 6.92 Å². The summed E-state index contributed by atoms with van der Waals surface area (Å²) in [4.78, 5) is 35.6. The Morgan fingerprint density at radius 2 is 1.53 bits per heavy atom. The van der Waals surface area contributed by atoms with Gasteiger partial charge in [-0.1, -0.05) is 12.1 Å². The predicted octanol–water partition coefficient (Wildman–Crippen LogP) is 3.21. The Morgan fingerprint density at radius 3 is 2.13 bits per heavy atom. The normalized spacial score (nSPS) is 10.3. The Kier molecular flexibility index (Phi) is 8.68. The molecule has 0 radical (unpaired) electrons. The van der Waals surface area contributed by atoms with E-state index in [4.69, 9.17) is 18.9 Å². The highest BCUT2D eigenvalue weighted by Gasteiger charge is 2.12. The number of esters is 2. The molecular formula is C22H25NO7. The SMILES string of the molecule is CCOc1ccccc1OCC(=O)OCC(=O)Nc1ccc(C(=O)OC(C)C)cc1. The number of hydrogen-bond donors (Lipinski definition) is 1. The van der Waals surface area contributed by atoms with E-state index in [0.29, 0.717) is 29.4 Å². The number of benzene rings is 2. The molecule has 0 unspecified atom stereocenters. The van der Waals surface area contributed by atoms with Crippen LogP contribution in [-0.2, 0) is 19.1 Å². The lowest BCUT2D eigenvalue weighted by Gasteiger charge is -2.11. The average molecular weight is 415 g/mol. The number of rotatable bonds is 10. The van der Waals surface area contributed by atoms with Crippen LogP contribution in [0.4, 0.5) is 5.69 Å². The fourth-order valence-electron chi connectivity index (χ4n) is 2.34. The summed E-state index contributed by atoms with van der Waals surface area (Å²) in [5.41, 5.74) is 0.830. The monoisotopic (exact) mass is 415 g/mol. The topological polar surface area (TPSA) is 100 Å². The van der Waals surface area contributed by atoms with Gasteiger partial charge in [0, 0.05) is 5.69 Å². The third-order valence-electron chi connectivity index (χ3n) is 3.61. The second kappa shape index (κ2) is 11.5. The number of nitrogens with one attached hydrogen (secondary N) is 1. The lowest BCUT2D eigenvalue weighted by molar-refractivity contribution is -0.149. The molecule has 0 fully saturated rings. The highest BCUT2D eigenvalue weighted by Crippen LogP contribution is 2.26. The molecule has 0 saturated heterocycles. The molecule has 2 aromatic carbocycles. The third-order valence-corrected chi connectivity index (χ3v) is 3.61. The molecule has 0 aliphatic heterocycles. The molecule has 2 aromatic rings. The summed E-state index contributed by atoms with van der Waals surface area (Å²) in [7, 11) is 0. The summed E-state index contributed by atoms with van der Waals surface area (Å²) in [5.74, 6) is -0.718. The molecule has 8 heteroatoms. The van der Waals surface area contributed by atoms with E-state index < -0.39 is 24.5 Å². The smallest absolute Gasteiger partial charge is 0.344 e. The Bertz CT molecular complexity index is 862. The molecular weight excluding hydrogens is 390 g/mol. The van der Waals surface area contributed by atoms with Gasteiger partial charge in [0.2, 0.25) is 0 Å². The van der Waals surface area contributed by atoms with Crippen molar-refractivity contribution in [1.29, 1.82) is 0 Å². The maximum absolute atomic E-state index is 12.0. The van der Waals surface area contributed by atoms with Crippen molar-refractivity contribution in [1.82, 2.24) is 0 Å². The summed E-state index contributed by atoms with van der Waals surface area (Å²) >= 11 is 0. The molecule has 0 bridgehead atoms. The Balaban J connectivity index is 1.76. The lowest BCUT2D eigenvalue weighted by atomic mass is 10.2. The zero-order valence-corrected chi connectivity index (χ0v) is 17.2. The minimum atomic E-state index is -0.691. The van der Waals surface area contributed by atoms with E-state index in [-0.39, 0.29) is 12.7 Å². The quantitative estimate of drug-likeness (QED) is 0.595. The molecule has 2 rings (SSSR count). The fourth-order valence-corrected chi connectivity index (χ4v) is 2.34. The zero-order chi connectivity index (χ0) is 21.9. The first-order valence-electron chi connectivity index (χ1n) is 9.50. The number of amides is 1. The van der Waals surface area contributed by atoms with Gasteiger partial charge in [0.05, 0.1) is 18.3 Å². The first-order valence-corrected chi connectivity index (χ1v) is 9.50. The van der Waals surface area contributed by atoms with Crippen LogP contribution in [-0.4, -0.2) is 43.8 Å². The Morgan fingerprint density at radius 1 is 0.900 bits per heavy atom. The predicted molar refractivity (Wildman–Crippen MR) is 110 cm³/mol. The molecule has 1 amide bonds. The molecule has 30 heavy (non-hydrogen) atoms. The highest BCUT2D eigenvalue weighted by molar-refractivity contribution is 5.94. The van der Waals surface area contributed by atoms with Crippen molar-refractivity contribution < 1.29 is 33.3 Å². The molecule has 0 spiro atoms. The van der Waals surface area contributed by atoms with Gasteiger partial charge in [0.15, 0.2) is 24.7 Å². The van der Waals surface area contributed by atoms with Crippen molar-refractivity contribution >= 4 is 23.5 Å². The summed E-state index contributed by atoms with van der Waals surface area (Å²) < 4.78 is 20.8. The molecule has 0 atom stereocenters. The van der Waals surface area contributed by atoms with Gasteiger partial charge in [-0.25, -0.2) is 9.59 Å². The summed E-state index contributed by atoms with van der Waals surface area (Å²) in [6, 6.07) is 13.1. The number of hydrogen-bond acceptors (Lipinski definition) is 7. The molecule has 1 N–H and O–H groups in total. The van der Waals surface area contributed by atoms with Gasteiger partial charge < -0.3 is 24.3 Å². The maximum Gasteiger partial charge on any atom is 0.344 e. The number of para-hydroxylation sites is 2. The molecule has 0 aliphatic carbocycles. The number of anilines is 1. The van der Waals surface area contributed by atoms with Crippen LogP contribution in [0.1, 0.15) is 31.1 Å². The maximum atomic E-state index is 12.0. The molecule has 0 aliphatic rings. The summed E-state index contributed by atoms with van der Waals surface area (Å²) in [6.45, 7) is 5.00. The standard InChI is InChI=1S/C22H25NO7/c1-4-27-18-7-5-6-8-19(18)28-14-21(25)29-13-20(24)23-17-11-9-16(10-12-17)22(26)30-15(2)3/h5-12,15H,4,13-14H2,1-3H3,(H,23,24). The van der Waals surface area contributed by atoms with Gasteiger partial charge in [0.25, 0.3) is 5.91 Å². The second-order valence-electron chi connectivity index (χ2n) is 6.41. The molecule has 0 heterocycles. The largest absolute Gasteiger partial charge is 0.490 e. The first-order chi connectivity index (χ1) is 14.4. The van der Waals surface area contributed by atoms with E-state index in [1.165, 1.54) is 12.1 Å². The van der Waals surface area contributed by atoms with E-state index in [2.05, 4.69) is 5.32 Å². The van der Waals surface area contributed by atoms with Crippen LogP contribution < -0.4 is 14.8 Å². The summed E-state index contributed by atoms with van der Waals surface area (Å²) in [6.07, 6.45) is -0.219. The molecule has 160 valence electrons. The molecule has 0 aromatic heterocycles. The Hall–Kier alpha value is -3.55. The van der Waals surface area contributed by atoms with Crippen molar-refractivity contribution in [2.45, 2.75) is 26.9 Å². The van der Waals surface area contributed by atoms with E-state index in [9.17, 15) is 14.4 Å². The van der Waals surface area contributed by atoms with Crippen molar-refractivity contribution in [2.24, 2.45) is 0 Å². The van der Waals surface area contributed by atoms with Crippen molar-refractivity contribution in [2.75, 3.05) is 25.1 Å². The minimum Gasteiger partial charge on any atom is -0.490 e. The van der Waals surface area contributed by atoms with E-state index >= 15 is 0 Å². The van der Waals surface area contributed by atoms with Crippen LogP contribution >= 0.6 is 0 Å². The van der Waals surface area contributed by atoms with Crippen LogP contribution in [0.25, 0.3) is 0 Å². The molecule has 8 nitrogen and oxygen atoms in total. The first kappa shape index (κ1) is 22.7. The number of carbonyl (C=O) groups is 3. The number of carbonyl (C=O) groups excluding carboxylic acids is 3. The van der Waals surface area contributed by atoms with Crippen molar-refractivity contribution in [3.63, 3.8) is 0 Å². The van der Waals surface area contributed by atoms with Gasteiger partial charge in [-0.3, -0.25) is 4.79 Å². The van der Waals surface area contributed by atoms with Gasteiger partial charge in [-0.15, -0.1) is 0 Å². The zero-order valence-electron chi connectivity index (χ0n) is 17.2. The van der Waals surface area contributed by atoms with E-state index in [1.54, 1.807) is 50.2 Å². The molecule has 0 saturated carbocycles.